The van der Waals surface area contributed by atoms with Crippen molar-refractivity contribution in [2.45, 2.75) is 50.1 Å². The van der Waals surface area contributed by atoms with E-state index in [2.05, 4.69) is 20.6 Å². The topological polar surface area (TPSA) is 70.2 Å². The molecule has 2 aromatic carbocycles. The molecule has 4 rings (SSSR count). The SMILES string of the molecule is CN(C)c1nc(NC2CCC(NC(=O)c3cc(C(F)(F)F)ccc3C(F)(F)F)CC2)nc2ccccc12. The summed E-state index contributed by atoms with van der Waals surface area (Å²) in [6.45, 7) is 0. The maximum absolute atomic E-state index is 13.4. The molecule has 37 heavy (non-hydrogen) atoms. The zero-order valence-corrected chi connectivity index (χ0v) is 20.0. The minimum atomic E-state index is -4.97. The number of alkyl halides is 6. The van der Waals surface area contributed by atoms with Gasteiger partial charge in [0.2, 0.25) is 5.95 Å². The number of hydrogen-bond donors (Lipinski definition) is 2. The number of fused-ring (bicyclic) bond motifs is 1. The monoisotopic (exact) mass is 525 g/mol. The molecule has 6 nitrogen and oxygen atoms in total. The molecule has 198 valence electrons. The first-order chi connectivity index (χ1) is 17.3. The Labute approximate surface area is 209 Å². The average Bonchev–Trinajstić information content (AvgIpc) is 2.83. The second-order valence-electron chi connectivity index (χ2n) is 9.20. The Kier molecular flexibility index (Phi) is 7.20. The van der Waals surface area contributed by atoms with E-state index in [1.54, 1.807) is 0 Å². The molecule has 0 unspecified atom stereocenters. The number of nitrogens with zero attached hydrogens (tertiary/aromatic N) is 3. The summed E-state index contributed by atoms with van der Waals surface area (Å²) in [4.78, 5) is 23.7. The summed E-state index contributed by atoms with van der Waals surface area (Å²) in [5.41, 5.74) is -2.99. The fourth-order valence-corrected chi connectivity index (χ4v) is 4.45. The van der Waals surface area contributed by atoms with Crippen LogP contribution in [0.15, 0.2) is 42.5 Å². The van der Waals surface area contributed by atoms with Gasteiger partial charge < -0.3 is 15.5 Å². The molecule has 0 aliphatic heterocycles. The highest BCUT2D eigenvalue weighted by Crippen LogP contribution is 2.37. The predicted octanol–water partition coefficient (Wildman–Crippen LogP) is 5.89. The van der Waals surface area contributed by atoms with Gasteiger partial charge in [-0.3, -0.25) is 4.79 Å². The first-order valence-corrected chi connectivity index (χ1v) is 11.6. The Morgan fingerprint density at radius 3 is 2.16 bits per heavy atom. The van der Waals surface area contributed by atoms with Crippen LogP contribution in [0.25, 0.3) is 10.9 Å². The number of aromatic nitrogens is 2. The van der Waals surface area contributed by atoms with Crippen LogP contribution < -0.4 is 15.5 Å². The molecule has 1 amide bonds. The normalized spacial score (nSPS) is 18.5. The minimum Gasteiger partial charge on any atom is -0.362 e. The number of hydrogen-bond acceptors (Lipinski definition) is 5. The van der Waals surface area contributed by atoms with E-state index < -0.39 is 41.0 Å². The molecule has 0 spiro atoms. The van der Waals surface area contributed by atoms with E-state index in [-0.39, 0.29) is 12.1 Å². The quantitative estimate of drug-likeness (QED) is 0.407. The number of rotatable bonds is 5. The molecule has 1 fully saturated rings. The Balaban J connectivity index is 1.43. The van der Waals surface area contributed by atoms with Gasteiger partial charge in [0.25, 0.3) is 5.91 Å². The van der Waals surface area contributed by atoms with Crippen LogP contribution in [0, 0.1) is 0 Å². The van der Waals surface area contributed by atoms with Crippen molar-refractivity contribution in [3.05, 3.63) is 59.2 Å². The lowest BCUT2D eigenvalue weighted by atomic mass is 9.90. The maximum Gasteiger partial charge on any atom is 0.417 e. The van der Waals surface area contributed by atoms with Crippen molar-refractivity contribution < 1.29 is 31.1 Å². The van der Waals surface area contributed by atoms with Gasteiger partial charge in [0.15, 0.2) is 0 Å². The summed E-state index contributed by atoms with van der Waals surface area (Å²) in [6, 6.07) is 7.95. The lowest BCUT2D eigenvalue weighted by molar-refractivity contribution is -0.141. The Morgan fingerprint density at radius 2 is 1.54 bits per heavy atom. The smallest absolute Gasteiger partial charge is 0.362 e. The van der Waals surface area contributed by atoms with Crippen molar-refractivity contribution in [3.63, 3.8) is 0 Å². The third kappa shape index (κ3) is 6.05. The molecule has 0 saturated heterocycles. The van der Waals surface area contributed by atoms with Crippen LogP contribution in [-0.2, 0) is 12.4 Å². The Morgan fingerprint density at radius 1 is 0.892 bits per heavy atom. The number of amides is 1. The van der Waals surface area contributed by atoms with Crippen molar-refractivity contribution >= 4 is 28.6 Å². The molecule has 3 aromatic rings. The molecule has 1 aliphatic rings. The van der Waals surface area contributed by atoms with Crippen LogP contribution in [0.1, 0.15) is 47.2 Å². The summed E-state index contributed by atoms with van der Waals surface area (Å²) >= 11 is 0. The van der Waals surface area contributed by atoms with Gasteiger partial charge >= 0.3 is 12.4 Å². The standard InChI is InChI=1S/C25H25F6N5O/c1-36(2)21-17-5-3-4-6-20(17)34-23(35-21)33-16-10-8-15(9-11-16)32-22(37)18-13-14(24(26,27)28)7-12-19(18)25(29,30)31/h3-7,12-13,15-16H,8-11H2,1-2H3,(H,32,37)(H,33,34,35). The van der Waals surface area contributed by atoms with Gasteiger partial charge in [-0.15, -0.1) is 0 Å². The minimum absolute atomic E-state index is 0.0383. The summed E-state index contributed by atoms with van der Waals surface area (Å²) in [5.74, 6) is 0.00703. The van der Waals surface area contributed by atoms with E-state index in [1.807, 2.05) is 43.3 Å². The van der Waals surface area contributed by atoms with Crippen LogP contribution in [0.3, 0.4) is 0 Å². The highest BCUT2D eigenvalue weighted by atomic mass is 19.4. The molecule has 2 N–H and O–H groups in total. The van der Waals surface area contributed by atoms with Crippen molar-refractivity contribution in [2.24, 2.45) is 0 Å². The first-order valence-electron chi connectivity index (χ1n) is 11.6. The van der Waals surface area contributed by atoms with Crippen molar-refractivity contribution in [2.75, 3.05) is 24.3 Å². The Bertz CT molecular complexity index is 1280. The van der Waals surface area contributed by atoms with E-state index >= 15 is 0 Å². The lowest BCUT2D eigenvalue weighted by Crippen LogP contribution is -2.41. The summed E-state index contributed by atoms with van der Waals surface area (Å²) in [7, 11) is 3.75. The number of halogens is 6. The van der Waals surface area contributed by atoms with E-state index in [9.17, 15) is 31.1 Å². The van der Waals surface area contributed by atoms with Gasteiger partial charge in [0, 0.05) is 31.6 Å². The van der Waals surface area contributed by atoms with Crippen LogP contribution in [-0.4, -0.2) is 42.1 Å². The third-order valence-electron chi connectivity index (χ3n) is 6.30. The van der Waals surface area contributed by atoms with Crippen LogP contribution in [0.5, 0.6) is 0 Å². The molecule has 1 aromatic heterocycles. The number of carbonyl (C=O) groups is 1. The number of nitrogens with one attached hydrogen (secondary N) is 2. The van der Waals surface area contributed by atoms with Gasteiger partial charge in [-0.25, -0.2) is 4.98 Å². The van der Waals surface area contributed by atoms with Gasteiger partial charge in [-0.05, 0) is 56.0 Å². The summed E-state index contributed by atoms with van der Waals surface area (Å²) < 4.78 is 79.3. The highest BCUT2D eigenvalue weighted by molar-refractivity contribution is 5.96. The van der Waals surface area contributed by atoms with E-state index in [4.69, 9.17) is 0 Å². The van der Waals surface area contributed by atoms with Gasteiger partial charge in [0.1, 0.15) is 5.82 Å². The molecule has 0 bridgehead atoms. The second-order valence-corrected chi connectivity index (χ2v) is 9.20. The molecule has 1 heterocycles. The molecule has 0 radical (unpaired) electrons. The van der Waals surface area contributed by atoms with Crippen molar-refractivity contribution in [3.8, 4) is 0 Å². The summed E-state index contributed by atoms with van der Waals surface area (Å²) in [5, 5.41) is 6.68. The van der Waals surface area contributed by atoms with Crippen LogP contribution in [0.4, 0.5) is 38.1 Å². The molecule has 12 heteroatoms. The van der Waals surface area contributed by atoms with E-state index in [1.165, 1.54) is 0 Å². The molecular weight excluding hydrogens is 500 g/mol. The van der Waals surface area contributed by atoms with Gasteiger partial charge in [-0.1, -0.05) is 12.1 Å². The lowest BCUT2D eigenvalue weighted by Gasteiger charge is -2.30. The van der Waals surface area contributed by atoms with E-state index in [0.717, 1.165) is 16.7 Å². The van der Waals surface area contributed by atoms with Gasteiger partial charge in [0.05, 0.1) is 22.2 Å². The Hall–Kier alpha value is -3.57. The van der Waals surface area contributed by atoms with Crippen molar-refractivity contribution in [1.82, 2.24) is 15.3 Å². The summed E-state index contributed by atoms with van der Waals surface area (Å²) in [6.07, 6.45) is -7.86. The maximum atomic E-state index is 13.4. The highest BCUT2D eigenvalue weighted by Gasteiger charge is 2.39. The average molecular weight is 525 g/mol. The molecule has 1 aliphatic carbocycles. The molecule has 0 atom stereocenters. The molecular formula is C25H25F6N5O. The van der Waals surface area contributed by atoms with Gasteiger partial charge in [-0.2, -0.15) is 31.3 Å². The number of anilines is 2. The first kappa shape index (κ1) is 26.5. The zero-order valence-electron chi connectivity index (χ0n) is 20.0. The number of carbonyl (C=O) groups excluding carboxylic acids is 1. The zero-order chi connectivity index (χ0) is 27.0. The number of benzene rings is 2. The fourth-order valence-electron chi connectivity index (χ4n) is 4.45. The second kappa shape index (κ2) is 10.1. The van der Waals surface area contributed by atoms with Crippen LogP contribution in [0.2, 0.25) is 0 Å². The van der Waals surface area contributed by atoms with Crippen molar-refractivity contribution in [1.29, 1.82) is 0 Å². The van der Waals surface area contributed by atoms with Crippen LogP contribution >= 0.6 is 0 Å². The molecule has 1 saturated carbocycles. The van der Waals surface area contributed by atoms with E-state index in [0.29, 0.717) is 43.8 Å². The third-order valence-corrected chi connectivity index (χ3v) is 6.30. The number of para-hydroxylation sites is 1. The largest absolute Gasteiger partial charge is 0.417 e. The predicted molar refractivity (Wildman–Crippen MR) is 127 cm³/mol. The fraction of sp³-hybridized carbons (Fsp3) is 0.400.